The first kappa shape index (κ1) is 9.06. The van der Waals surface area contributed by atoms with E-state index in [1.54, 1.807) is 6.07 Å². The van der Waals surface area contributed by atoms with Gasteiger partial charge in [0.15, 0.2) is 11.3 Å². The highest BCUT2D eigenvalue weighted by Gasteiger charge is 2.45. The maximum atomic E-state index is 11.9. The smallest absolute Gasteiger partial charge is 0.194 e. The van der Waals surface area contributed by atoms with E-state index in [0.717, 1.165) is 5.56 Å². The Bertz CT molecular complexity index is 400. The van der Waals surface area contributed by atoms with Crippen molar-refractivity contribution in [3.05, 3.63) is 40.3 Å². The SMILES string of the molecule is CCC1(N=O)Cc2ccccc2C1=O. The number of carbonyl (C=O) groups is 1. The molecule has 0 bridgehead atoms. The zero-order chi connectivity index (χ0) is 10.2. The van der Waals surface area contributed by atoms with Gasteiger partial charge in [-0.25, -0.2) is 0 Å². The first-order chi connectivity index (χ1) is 6.73. The summed E-state index contributed by atoms with van der Waals surface area (Å²) in [6.45, 7) is 1.82. The molecule has 0 saturated carbocycles. The van der Waals surface area contributed by atoms with E-state index in [1.165, 1.54) is 0 Å². The Labute approximate surface area is 82.1 Å². The quantitative estimate of drug-likeness (QED) is 0.670. The van der Waals surface area contributed by atoms with E-state index in [9.17, 15) is 9.70 Å². The molecule has 0 saturated heterocycles. The molecule has 1 unspecified atom stereocenters. The number of benzene rings is 1. The van der Waals surface area contributed by atoms with Crippen LogP contribution in [0.4, 0.5) is 0 Å². The molecule has 0 amide bonds. The second kappa shape index (κ2) is 3.01. The third kappa shape index (κ3) is 1.02. The van der Waals surface area contributed by atoms with Gasteiger partial charge in [-0.05, 0) is 12.0 Å². The average Bonchev–Trinajstić information content (AvgIpc) is 2.53. The largest absolute Gasteiger partial charge is 0.291 e. The van der Waals surface area contributed by atoms with E-state index in [1.807, 2.05) is 25.1 Å². The molecular weight excluding hydrogens is 178 g/mol. The van der Waals surface area contributed by atoms with Gasteiger partial charge in [-0.3, -0.25) is 4.79 Å². The lowest BCUT2D eigenvalue weighted by molar-refractivity contribution is 0.0905. The molecule has 1 atom stereocenters. The minimum absolute atomic E-state index is 0.120. The summed E-state index contributed by atoms with van der Waals surface area (Å²) in [5.41, 5.74) is 0.580. The van der Waals surface area contributed by atoms with Crippen LogP contribution in [0.15, 0.2) is 29.4 Å². The zero-order valence-corrected chi connectivity index (χ0v) is 7.99. The fourth-order valence-electron chi connectivity index (χ4n) is 1.97. The van der Waals surface area contributed by atoms with Crippen LogP contribution < -0.4 is 0 Å². The van der Waals surface area contributed by atoms with Gasteiger partial charge >= 0.3 is 0 Å². The van der Waals surface area contributed by atoms with Crippen LogP contribution in [0.25, 0.3) is 0 Å². The minimum Gasteiger partial charge on any atom is -0.291 e. The van der Waals surface area contributed by atoms with Crippen LogP contribution in [0.2, 0.25) is 0 Å². The topological polar surface area (TPSA) is 46.5 Å². The van der Waals surface area contributed by atoms with Crippen LogP contribution in [0.5, 0.6) is 0 Å². The lowest BCUT2D eigenvalue weighted by Gasteiger charge is -2.14. The Balaban J connectivity index is 2.52. The molecule has 2 rings (SSSR count). The number of nitroso groups, excluding NO2 is 1. The van der Waals surface area contributed by atoms with Crippen molar-refractivity contribution in [1.82, 2.24) is 0 Å². The van der Waals surface area contributed by atoms with Gasteiger partial charge in [0, 0.05) is 12.0 Å². The van der Waals surface area contributed by atoms with Crippen LogP contribution >= 0.6 is 0 Å². The first-order valence-corrected chi connectivity index (χ1v) is 4.71. The Morgan fingerprint density at radius 1 is 1.43 bits per heavy atom. The van der Waals surface area contributed by atoms with E-state index in [4.69, 9.17) is 0 Å². The standard InChI is InChI=1S/C11H11NO2/c1-2-11(12-14)7-8-5-3-4-6-9(8)10(11)13/h3-6H,2,7H2,1H3. The van der Waals surface area contributed by atoms with Gasteiger partial charge in [0.25, 0.3) is 0 Å². The summed E-state index contributed by atoms with van der Waals surface area (Å²) in [5, 5.41) is 3.03. The van der Waals surface area contributed by atoms with Crippen molar-refractivity contribution in [3.63, 3.8) is 0 Å². The molecule has 1 aliphatic rings. The summed E-state index contributed by atoms with van der Waals surface area (Å²) in [6, 6.07) is 7.34. The molecular formula is C11H11NO2. The number of nitrogens with zero attached hydrogens (tertiary/aromatic N) is 1. The van der Waals surface area contributed by atoms with E-state index in [-0.39, 0.29) is 5.78 Å². The fraction of sp³-hybridized carbons (Fsp3) is 0.364. The third-order valence-corrected chi connectivity index (χ3v) is 2.93. The van der Waals surface area contributed by atoms with E-state index in [2.05, 4.69) is 5.18 Å². The van der Waals surface area contributed by atoms with Crippen LogP contribution in [0, 0.1) is 4.91 Å². The van der Waals surface area contributed by atoms with Crippen molar-refractivity contribution in [2.75, 3.05) is 0 Å². The molecule has 0 aromatic heterocycles. The normalized spacial score (nSPS) is 24.8. The van der Waals surface area contributed by atoms with Crippen molar-refractivity contribution in [2.24, 2.45) is 5.18 Å². The maximum Gasteiger partial charge on any atom is 0.194 e. The summed E-state index contributed by atoms with van der Waals surface area (Å²) in [4.78, 5) is 22.7. The van der Waals surface area contributed by atoms with Crippen LogP contribution in [-0.2, 0) is 6.42 Å². The molecule has 0 aliphatic heterocycles. The highest BCUT2D eigenvalue weighted by molar-refractivity contribution is 6.07. The number of Topliss-reactive ketones (excluding diaryl/α,β-unsaturated/α-hetero) is 1. The highest BCUT2D eigenvalue weighted by Crippen LogP contribution is 2.34. The summed E-state index contributed by atoms with van der Waals surface area (Å²) in [5.74, 6) is -0.120. The lowest BCUT2D eigenvalue weighted by atomic mass is 9.93. The molecule has 14 heavy (non-hydrogen) atoms. The first-order valence-electron chi connectivity index (χ1n) is 4.71. The van der Waals surface area contributed by atoms with E-state index < -0.39 is 5.54 Å². The third-order valence-electron chi connectivity index (χ3n) is 2.93. The van der Waals surface area contributed by atoms with Crippen LogP contribution in [-0.4, -0.2) is 11.3 Å². The maximum absolute atomic E-state index is 11.9. The number of carbonyl (C=O) groups excluding carboxylic acids is 1. The predicted octanol–water partition coefficient (Wildman–Crippen LogP) is 2.34. The molecule has 0 fully saturated rings. The minimum atomic E-state index is -1.02. The average molecular weight is 189 g/mol. The van der Waals surface area contributed by atoms with Crippen molar-refractivity contribution >= 4 is 5.78 Å². The summed E-state index contributed by atoms with van der Waals surface area (Å²) in [7, 11) is 0. The van der Waals surface area contributed by atoms with Gasteiger partial charge in [-0.2, -0.15) is 0 Å². The van der Waals surface area contributed by atoms with Gasteiger partial charge in [-0.15, -0.1) is 4.91 Å². The second-order valence-corrected chi connectivity index (χ2v) is 3.64. The molecule has 1 aromatic carbocycles. The molecule has 0 spiro atoms. The van der Waals surface area contributed by atoms with Crippen molar-refractivity contribution in [1.29, 1.82) is 0 Å². The summed E-state index contributed by atoms with van der Waals surface area (Å²) in [6.07, 6.45) is 0.937. The van der Waals surface area contributed by atoms with Crippen molar-refractivity contribution in [3.8, 4) is 0 Å². The Hall–Kier alpha value is -1.51. The molecule has 0 N–H and O–H groups in total. The predicted molar refractivity (Wildman–Crippen MR) is 53.3 cm³/mol. The lowest BCUT2D eigenvalue weighted by Crippen LogP contribution is -2.32. The number of fused-ring (bicyclic) bond motifs is 1. The van der Waals surface area contributed by atoms with Gasteiger partial charge in [0.05, 0.1) is 0 Å². The van der Waals surface area contributed by atoms with Crippen molar-refractivity contribution in [2.45, 2.75) is 25.3 Å². The second-order valence-electron chi connectivity index (χ2n) is 3.64. The van der Waals surface area contributed by atoms with Gasteiger partial charge in [0.1, 0.15) is 0 Å². The molecule has 3 heteroatoms. The van der Waals surface area contributed by atoms with Crippen LogP contribution in [0.3, 0.4) is 0 Å². The van der Waals surface area contributed by atoms with Gasteiger partial charge < -0.3 is 0 Å². The molecule has 1 aromatic rings. The van der Waals surface area contributed by atoms with Crippen molar-refractivity contribution < 1.29 is 4.79 Å². The zero-order valence-electron chi connectivity index (χ0n) is 7.99. The monoisotopic (exact) mass is 189 g/mol. The number of ketones is 1. The summed E-state index contributed by atoms with van der Waals surface area (Å²) >= 11 is 0. The van der Waals surface area contributed by atoms with E-state index >= 15 is 0 Å². The molecule has 72 valence electrons. The number of hydrogen-bond donors (Lipinski definition) is 0. The van der Waals surface area contributed by atoms with Gasteiger partial charge in [0.2, 0.25) is 0 Å². The Morgan fingerprint density at radius 3 is 2.71 bits per heavy atom. The molecule has 1 aliphatic carbocycles. The van der Waals surface area contributed by atoms with Crippen LogP contribution in [0.1, 0.15) is 29.3 Å². The van der Waals surface area contributed by atoms with E-state index in [0.29, 0.717) is 18.4 Å². The Morgan fingerprint density at radius 2 is 2.14 bits per heavy atom. The van der Waals surface area contributed by atoms with Gasteiger partial charge in [-0.1, -0.05) is 36.4 Å². The molecule has 0 heterocycles. The number of rotatable bonds is 2. The highest BCUT2D eigenvalue weighted by atomic mass is 16.3. The fourth-order valence-corrected chi connectivity index (χ4v) is 1.97. The Kier molecular flexibility index (Phi) is 1.95. The number of hydrogen-bond acceptors (Lipinski definition) is 3. The summed E-state index contributed by atoms with van der Waals surface area (Å²) < 4.78 is 0. The molecule has 0 radical (unpaired) electrons. The molecule has 3 nitrogen and oxygen atoms in total.